The van der Waals surface area contributed by atoms with Crippen LogP contribution in [0.4, 0.5) is 5.69 Å². The third-order valence-electron chi connectivity index (χ3n) is 2.76. The van der Waals surface area contributed by atoms with Crippen molar-refractivity contribution < 1.29 is 9.66 Å². The second-order valence-corrected chi connectivity index (χ2v) is 4.50. The van der Waals surface area contributed by atoms with Gasteiger partial charge in [-0.15, -0.1) is 0 Å². The zero-order chi connectivity index (χ0) is 14.7. The maximum absolute atomic E-state index is 11.7. The minimum absolute atomic E-state index is 0.143. The standard InChI is InChI=1S/C13H11ClN2O4/c1-20-12-4-2-10(14)6-9(12)7-15-8-11(16(18)19)3-5-13(15)17/h2-6,8H,7H2,1H3. The molecule has 1 aromatic carbocycles. The number of nitro groups is 1. The van der Waals surface area contributed by atoms with E-state index in [0.717, 1.165) is 6.07 Å². The minimum Gasteiger partial charge on any atom is -0.496 e. The monoisotopic (exact) mass is 294 g/mol. The van der Waals surface area contributed by atoms with E-state index in [1.165, 1.54) is 23.9 Å². The number of methoxy groups -OCH3 is 1. The molecule has 0 aliphatic heterocycles. The zero-order valence-corrected chi connectivity index (χ0v) is 11.3. The number of hydrogen-bond acceptors (Lipinski definition) is 4. The molecule has 2 aromatic rings. The molecule has 0 N–H and O–H groups in total. The van der Waals surface area contributed by atoms with Crippen LogP contribution < -0.4 is 10.3 Å². The summed E-state index contributed by atoms with van der Waals surface area (Å²) in [4.78, 5) is 21.9. The summed E-state index contributed by atoms with van der Waals surface area (Å²) in [5, 5.41) is 11.2. The number of hydrogen-bond donors (Lipinski definition) is 0. The molecule has 0 spiro atoms. The second kappa shape index (κ2) is 5.75. The van der Waals surface area contributed by atoms with E-state index in [0.29, 0.717) is 16.3 Å². The predicted molar refractivity (Wildman–Crippen MR) is 74.5 cm³/mol. The summed E-state index contributed by atoms with van der Waals surface area (Å²) in [5.41, 5.74) is 0.186. The molecule has 7 heteroatoms. The fraction of sp³-hybridized carbons (Fsp3) is 0.154. The Hall–Kier alpha value is -2.34. The van der Waals surface area contributed by atoms with Gasteiger partial charge in [0.25, 0.3) is 11.2 Å². The van der Waals surface area contributed by atoms with Gasteiger partial charge < -0.3 is 9.30 Å². The fourth-order valence-corrected chi connectivity index (χ4v) is 2.00. The Balaban J connectivity index is 2.44. The molecule has 6 nitrogen and oxygen atoms in total. The SMILES string of the molecule is COc1ccc(Cl)cc1Cn1cc([N+](=O)[O-])ccc1=O. The molecule has 1 aromatic heterocycles. The van der Waals surface area contributed by atoms with E-state index >= 15 is 0 Å². The summed E-state index contributed by atoms with van der Waals surface area (Å²) in [6.45, 7) is 0.143. The van der Waals surface area contributed by atoms with Crippen molar-refractivity contribution in [1.82, 2.24) is 4.57 Å². The molecule has 20 heavy (non-hydrogen) atoms. The number of rotatable bonds is 4. The first-order valence-electron chi connectivity index (χ1n) is 5.68. The van der Waals surface area contributed by atoms with E-state index in [9.17, 15) is 14.9 Å². The highest BCUT2D eigenvalue weighted by Crippen LogP contribution is 2.23. The maximum atomic E-state index is 11.7. The van der Waals surface area contributed by atoms with Gasteiger partial charge >= 0.3 is 0 Å². The van der Waals surface area contributed by atoms with Gasteiger partial charge in [0.15, 0.2) is 0 Å². The molecule has 0 unspecified atom stereocenters. The van der Waals surface area contributed by atoms with Gasteiger partial charge in [0.1, 0.15) is 5.75 Å². The number of nitrogens with zero attached hydrogens (tertiary/aromatic N) is 2. The van der Waals surface area contributed by atoms with Crippen LogP contribution in [0.25, 0.3) is 0 Å². The molecule has 0 radical (unpaired) electrons. The van der Waals surface area contributed by atoms with E-state index in [1.807, 2.05) is 0 Å². The van der Waals surface area contributed by atoms with Crippen molar-refractivity contribution in [3.05, 3.63) is 67.6 Å². The highest BCUT2D eigenvalue weighted by atomic mass is 35.5. The molecule has 0 aliphatic carbocycles. The van der Waals surface area contributed by atoms with Crippen LogP contribution in [0.1, 0.15) is 5.56 Å². The van der Waals surface area contributed by atoms with Gasteiger partial charge in [-0.2, -0.15) is 0 Å². The lowest BCUT2D eigenvalue weighted by atomic mass is 10.2. The Morgan fingerprint density at radius 2 is 2.10 bits per heavy atom. The third kappa shape index (κ3) is 2.97. The Morgan fingerprint density at radius 3 is 2.75 bits per heavy atom. The molecule has 0 atom stereocenters. The first-order chi connectivity index (χ1) is 9.51. The van der Waals surface area contributed by atoms with Crippen LogP contribution in [0, 0.1) is 10.1 Å². The summed E-state index contributed by atoms with van der Waals surface area (Å²) >= 11 is 5.91. The summed E-state index contributed by atoms with van der Waals surface area (Å²) in [6.07, 6.45) is 1.20. The van der Waals surface area contributed by atoms with Gasteiger partial charge in [-0.05, 0) is 18.2 Å². The molecular weight excluding hydrogens is 284 g/mol. The van der Waals surface area contributed by atoms with E-state index in [4.69, 9.17) is 16.3 Å². The Bertz CT molecular complexity index is 712. The van der Waals surface area contributed by atoms with Gasteiger partial charge in [-0.1, -0.05) is 11.6 Å². The molecule has 0 saturated carbocycles. The summed E-state index contributed by atoms with van der Waals surface area (Å²) in [6, 6.07) is 7.34. The van der Waals surface area contributed by atoms with Crippen LogP contribution in [-0.2, 0) is 6.54 Å². The minimum atomic E-state index is -0.550. The topological polar surface area (TPSA) is 74.4 Å². The number of halogens is 1. The summed E-state index contributed by atoms with van der Waals surface area (Å²) < 4.78 is 6.42. The molecule has 2 rings (SSSR count). The lowest BCUT2D eigenvalue weighted by molar-refractivity contribution is -0.385. The first kappa shape index (κ1) is 14.1. The Labute approximate surface area is 119 Å². The molecule has 1 heterocycles. The Kier molecular flexibility index (Phi) is 4.05. The molecule has 0 aliphatic rings. The highest BCUT2D eigenvalue weighted by molar-refractivity contribution is 6.30. The van der Waals surface area contributed by atoms with Crippen LogP contribution in [0.5, 0.6) is 5.75 Å². The number of pyridine rings is 1. The molecule has 0 saturated heterocycles. The lowest BCUT2D eigenvalue weighted by Crippen LogP contribution is -2.19. The van der Waals surface area contributed by atoms with Crippen LogP contribution in [0.3, 0.4) is 0 Å². The zero-order valence-electron chi connectivity index (χ0n) is 10.6. The third-order valence-corrected chi connectivity index (χ3v) is 3.00. The van der Waals surface area contributed by atoms with Crippen molar-refractivity contribution in [3.8, 4) is 5.75 Å². The van der Waals surface area contributed by atoms with Crippen molar-refractivity contribution >= 4 is 17.3 Å². The number of ether oxygens (including phenoxy) is 1. The van der Waals surface area contributed by atoms with Crippen molar-refractivity contribution in [2.75, 3.05) is 7.11 Å². The van der Waals surface area contributed by atoms with Crippen molar-refractivity contribution in [1.29, 1.82) is 0 Å². The molecule has 104 valence electrons. The average Bonchev–Trinajstić information content (AvgIpc) is 2.41. The molecule has 0 fully saturated rings. The quantitative estimate of drug-likeness (QED) is 0.641. The highest BCUT2D eigenvalue weighted by Gasteiger charge is 2.10. The molecule has 0 bridgehead atoms. The first-order valence-corrected chi connectivity index (χ1v) is 6.06. The van der Waals surface area contributed by atoms with E-state index in [2.05, 4.69) is 0 Å². The largest absolute Gasteiger partial charge is 0.496 e. The van der Waals surface area contributed by atoms with Crippen molar-refractivity contribution in [2.45, 2.75) is 6.54 Å². The van der Waals surface area contributed by atoms with E-state index in [1.54, 1.807) is 18.2 Å². The van der Waals surface area contributed by atoms with Crippen molar-refractivity contribution in [2.24, 2.45) is 0 Å². The van der Waals surface area contributed by atoms with Gasteiger partial charge in [0.2, 0.25) is 0 Å². The summed E-state index contributed by atoms with van der Waals surface area (Å²) in [5.74, 6) is 0.563. The van der Waals surface area contributed by atoms with Crippen molar-refractivity contribution in [3.63, 3.8) is 0 Å². The van der Waals surface area contributed by atoms with E-state index < -0.39 is 4.92 Å². The van der Waals surface area contributed by atoms with Gasteiger partial charge in [-0.3, -0.25) is 14.9 Å². The van der Waals surface area contributed by atoms with Crippen LogP contribution in [-0.4, -0.2) is 16.6 Å². The molecule has 0 amide bonds. The van der Waals surface area contributed by atoms with Crippen LogP contribution in [0.2, 0.25) is 5.02 Å². The maximum Gasteiger partial charge on any atom is 0.285 e. The normalized spacial score (nSPS) is 10.3. The van der Waals surface area contributed by atoms with Crippen LogP contribution in [0.15, 0.2) is 41.3 Å². The average molecular weight is 295 g/mol. The van der Waals surface area contributed by atoms with E-state index in [-0.39, 0.29) is 17.8 Å². The Morgan fingerprint density at radius 1 is 1.35 bits per heavy atom. The second-order valence-electron chi connectivity index (χ2n) is 4.07. The summed E-state index contributed by atoms with van der Waals surface area (Å²) in [7, 11) is 1.50. The lowest BCUT2D eigenvalue weighted by Gasteiger charge is -2.10. The van der Waals surface area contributed by atoms with Gasteiger partial charge in [0.05, 0.1) is 24.8 Å². The molecular formula is C13H11ClN2O4. The number of benzene rings is 1. The smallest absolute Gasteiger partial charge is 0.285 e. The predicted octanol–water partition coefficient (Wildman–Crippen LogP) is 2.47. The van der Waals surface area contributed by atoms with Gasteiger partial charge in [-0.25, -0.2) is 0 Å². The fourth-order valence-electron chi connectivity index (χ4n) is 1.80. The number of aromatic nitrogens is 1. The van der Waals surface area contributed by atoms with Crippen LogP contribution >= 0.6 is 11.6 Å². The van der Waals surface area contributed by atoms with Gasteiger partial charge in [0, 0.05) is 22.7 Å².